The summed E-state index contributed by atoms with van der Waals surface area (Å²) < 4.78 is 5.35. The maximum atomic E-state index is 5.35. The first-order chi connectivity index (χ1) is 4.93. The van der Waals surface area contributed by atoms with Gasteiger partial charge in [0, 0.05) is 0 Å². The third-order valence-electron chi connectivity index (χ3n) is 3.63. The summed E-state index contributed by atoms with van der Waals surface area (Å²) in [4.78, 5) is 0. The number of epoxide rings is 1. The molecule has 3 aliphatic rings. The van der Waals surface area contributed by atoms with E-state index < -0.39 is 0 Å². The molecule has 0 amide bonds. The van der Waals surface area contributed by atoms with Gasteiger partial charge in [0.15, 0.2) is 0 Å². The molecule has 1 nitrogen and oxygen atoms in total. The van der Waals surface area contributed by atoms with Crippen LogP contribution in [0.2, 0.25) is 0 Å². The number of ether oxygens (including phenoxy) is 1. The molecule has 0 radical (unpaired) electrons. The fraction of sp³-hybridized carbons (Fsp3) is 1.00. The van der Waals surface area contributed by atoms with Gasteiger partial charge in [-0.05, 0) is 37.0 Å². The van der Waals surface area contributed by atoms with Gasteiger partial charge in [-0.2, -0.15) is 0 Å². The summed E-state index contributed by atoms with van der Waals surface area (Å²) in [7, 11) is 0. The molecule has 0 aromatic rings. The molecule has 1 aliphatic heterocycles. The van der Waals surface area contributed by atoms with Crippen molar-refractivity contribution < 1.29 is 4.74 Å². The molecule has 2 bridgehead atoms. The van der Waals surface area contributed by atoms with Gasteiger partial charge in [0.05, 0.1) is 12.7 Å². The van der Waals surface area contributed by atoms with Crippen molar-refractivity contribution in [3.8, 4) is 0 Å². The van der Waals surface area contributed by atoms with Gasteiger partial charge in [-0.1, -0.05) is 6.42 Å². The molecule has 1 saturated heterocycles. The van der Waals surface area contributed by atoms with E-state index in [-0.39, 0.29) is 0 Å². The highest BCUT2D eigenvalue weighted by molar-refractivity contribution is 4.96. The summed E-state index contributed by atoms with van der Waals surface area (Å²) in [5.41, 5.74) is 0. The average molecular weight is 138 g/mol. The molecule has 56 valence electrons. The first-order valence-corrected chi connectivity index (χ1v) is 4.55. The molecule has 1 heterocycles. The third-order valence-corrected chi connectivity index (χ3v) is 3.63. The summed E-state index contributed by atoms with van der Waals surface area (Å²) in [6.07, 6.45) is 6.76. The molecule has 4 unspecified atom stereocenters. The maximum Gasteiger partial charge on any atom is 0.0840 e. The molecule has 1 heteroatoms. The minimum atomic E-state index is 0.704. The highest BCUT2D eigenvalue weighted by atomic mass is 16.6. The molecule has 0 aromatic heterocycles. The van der Waals surface area contributed by atoms with Crippen LogP contribution in [-0.2, 0) is 4.74 Å². The largest absolute Gasteiger partial charge is 0.373 e. The Kier molecular flexibility index (Phi) is 0.984. The van der Waals surface area contributed by atoms with E-state index in [2.05, 4.69) is 0 Å². The van der Waals surface area contributed by atoms with E-state index in [1.165, 1.54) is 25.7 Å². The lowest BCUT2D eigenvalue weighted by Crippen LogP contribution is -2.15. The van der Waals surface area contributed by atoms with Gasteiger partial charge in [-0.25, -0.2) is 0 Å². The molecular formula is C9H14O. The molecule has 0 spiro atoms. The SMILES string of the molecule is C1CC2CC1CC2C1CO1. The highest BCUT2D eigenvalue weighted by Crippen LogP contribution is 2.51. The quantitative estimate of drug-likeness (QED) is 0.503. The van der Waals surface area contributed by atoms with Crippen LogP contribution in [0, 0.1) is 17.8 Å². The van der Waals surface area contributed by atoms with E-state index in [1.54, 1.807) is 0 Å². The van der Waals surface area contributed by atoms with E-state index in [9.17, 15) is 0 Å². The lowest BCUT2D eigenvalue weighted by Gasteiger charge is -2.18. The lowest BCUT2D eigenvalue weighted by molar-refractivity contribution is 0.249. The van der Waals surface area contributed by atoms with Crippen LogP contribution in [0.3, 0.4) is 0 Å². The van der Waals surface area contributed by atoms with Crippen LogP contribution < -0.4 is 0 Å². The molecule has 4 atom stereocenters. The van der Waals surface area contributed by atoms with Gasteiger partial charge in [-0.3, -0.25) is 0 Å². The predicted octanol–water partition coefficient (Wildman–Crippen LogP) is 1.82. The highest BCUT2D eigenvalue weighted by Gasteiger charge is 2.47. The number of hydrogen-bond donors (Lipinski definition) is 0. The lowest BCUT2D eigenvalue weighted by atomic mass is 9.87. The fourth-order valence-electron chi connectivity index (χ4n) is 3.05. The molecular weight excluding hydrogens is 124 g/mol. The van der Waals surface area contributed by atoms with E-state index in [0.29, 0.717) is 6.10 Å². The van der Waals surface area contributed by atoms with Gasteiger partial charge < -0.3 is 4.74 Å². The van der Waals surface area contributed by atoms with Crippen molar-refractivity contribution >= 4 is 0 Å². The van der Waals surface area contributed by atoms with Crippen LogP contribution in [0.25, 0.3) is 0 Å². The van der Waals surface area contributed by atoms with Crippen molar-refractivity contribution in [3.05, 3.63) is 0 Å². The predicted molar refractivity (Wildman–Crippen MR) is 38.7 cm³/mol. The minimum Gasteiger partial charge on any atom is -0.373 e. The normalized spacial score (nSPS) is 57.6. The number of rotatable bonds is 1. The minimum absolute atomic E-state index is 0.704. The number of hydrogen-bond acceptors (Lipinski definition) is 1. The summed E-state index contributed by atoms with van der Waals surface area (Å²) in [6.45, 7) is 1.08. The van der Waals surface area contributed by atoms with E-state index in [1.807, 2.05) is 0 Å². The Labute approximate surface area is 61.8 Å². The molecule has 10 heavy (non-hydrogen) atoms. The fourth-order valence-corrected chi connectivity index (χ4v) is 3.05. The van der Waals surface area contributed by atoms with Crippen LogP contribution in [0.1, 0.15) is 25.7 Å². The Morgan fingerprint density at radius 1 is 1.10 bits per heavy atom. The van der Waals surface area contributed by atoms with Crippen molar-refractivity contribution in [2.45, 2.75) is 31.8 Å². The van der Waals surface area contributed by atoms with Crippen molar-refractivity contribution in [2.24, 2.45) is 17.8 Å². The molecule has 3 fully saturated rings. The van der Waals surface area contributed by atoms with E-state index in [0.717, 1.165) is 24.4 Å². The van der Waals surface area contributed by atoms with Crippen LogP contribution in [0.5, 0.6) is 0 Å². The first-order valence-electron chi connectivity index (χ1n) is 4.55. The van der Waals surface area contributed by atoms with Crippen LogP contribution in [0.15, 0.2) is 0 Å². The van der Waals surface area contributed by atoms with Gasteiger partial charge in [0.2, 0.25) is 0 Å². The molecule has 2 saturated carbocycles. The Hall–Kier alpha value is -0.0400. The maximum absolute atomic E-state index is 5.35. The monoisotopic (exact) mass is 138 g/mol. The standard InChI is InChI=1S/C9H14O/c1-2-7-3-6(1)4-8(7)9-5-10-9/h6-9H,1-5H2. The molecule has 0 aromatic carbocycles. The second kappa shape index (κ2) is 1.76. The Balaban J connectivity index is 1.77. The van der Waals surface area contributed by atoms with Crippen LogP contribution in [0.4, 0.5) is 0 Å². The third kappa shape index (κ3) is 0.672. The summed E-state index contributed by atoms with van der Waals surface area (Å²) in [5.74, 6) is 3.15. The van der Waals surface area contributed by atoms with E-state index in [4.69, 9.17) is 4.74 Å². The molecule has 2 aliphatic carbocycles. The summed E-state index contributed by atoms with van der Waals surface area (Å²) in [5, 5.41) is 0. The van der Waals surface area contributed by atoms with Crippen molar-refractivity contribution in [2.75, 3.05) is 6.61 Å². The Morgan fingerprint density at radius 3 is 2.50 bits per heavy atom. The Morgan fingerprint density at radius 2 is 2.00 bits per heavy atom. The number of fused-ring (bicyclic) bond motifs is 2. The van der Waals surface area contributed by atoms with Crippen molar-refractivity contribution in [3.63, 3.8) is 0 Å². The zero-order valence-corrected chi connectivity index (χ0v) is 6.25. The van der Waals surface area contributed by atoms with Gasteiger partial charge >= 0.3 is 0 Å². The zero-order chi connectivity index (χ0) is 6.55. The topological polar surface area (TPSA) is 12.5 Å². The second-order valence-electron chi connectivity index (χ2n) is 4.21. The summed E-state index contributed by atoms with van der Waals surface area (Å²) in [6, 6.07) is 0. The van der Waals surface area contributed by atoms with Crippen LogP contribution >= 0.6 is 0 Å². The van der Waals surface area contributed by atoms with Gasteiger partial charge in [0.25, 0.3) is 0 Å². The first kappa shape index (κ1) is 5.59. The molecule has 0 N–H and O–H groups in total. The van der Waals surface area contributed by atoms with Gasteiger partial charge in [0.1, 0.15) is 0 Å². The van der Waals surface area contributed by atoms with Crippen molar-refractivity contribution in [1.82, 2.24) is 0 Å². The molecule has 3 rings (SSSR count). The Bertz CT molecular complexity index is 151. The van der Waals surface area contributed by atoms with Crippen molar-refractivity contribution in [1.29, 1.82) is 0 Å². The van der Waals surface area contributed by atoms with Crippen LogP contribution in [-0.4, -0.2) is 12.7 Å². The van der Waals surface area contributed by atoms with Gasteiger partial charge in [-0.15, -0.1) is 0 Å². The zero-order valence-electron chi connectivity index (χ0n) is 6.25. The smallest absolute Gasteiger partial charge is 0.0840 e. The average Bonchev–Trinajstić information content (AvgIpc) is 2.60. The van der Waals surface area contributed by atoms with E-state index >= 15 is 0 Å². The second-order valence-corrected chi connectivity index (χ2v) is 4.21. The summed E-state index contributed by atoms with van der Waals surface area (Å²) >= 11 is 0.